The van der Waals surface area contributed by atoms with Crippen molar-refractivity contribution in [2.24, 2.45) is 11.3 Å². The van der Waals surface area contributed by atoms with Crippen LogP contribution >= 0.6 is 0 Å². The molecule has 0 spiro atoms. The number of nitrogens with zero attached hydrogens (tertiary/aromatic N) is 1. The van der Waals surface area contributed by atoms with Gasteiger partial charge in [-0.15, -0.1) is 0 Å². The van der Waals surface area contributed by atoms with E-state index < -0.39 is 5.97 Å². The van der Waals surface area contributed by atoms with Crippen LogP contribution in [-0.2, 0) is 4.79 Å². The maximum atomic E-state index is 11.1. The minimum absolute atomic E-state index is 0.242. The highest BCUT2D eigenvalue weighted by Crippen LogP contribution is 2.46. The van der Waals surface area contributed by atoms with Gasteiger partial charge in [-0.2, -0.15) is 0 Å². The first kappa shape index (κ1) is 10.9. The highest BCUT2D eigenvalue weighted by atomic mass is 16.4. The van der Waals surface area contributed by atoms with Crippen molar-refractivity contribution in [3.8, 4) is 0 Å². The number of likely N-dealkylation sites (N-methyl/N-ethyl adjacent to an activating group) is 1. The molecule has 3 unspecified atom stereocenters. The molecule has 0 aromatic carbocycles. The third-order valence-corrected chi connectivity index (χ3v) is 4.30. The topological polar surface area (TPSA) is 40.5 Å². The summed E-state index contributed by atoms with van der Waals surface area (Å²) in [4.78, 5) is 13.2. The van der Waals surface area contributed by atoms with Crippen LogP contribution < -0.4 is 0 Å². The van der Waals surface area contributed by atoms with E-state index in [-0.39, 0.29) is 6.04 Å². The van der Waals surface area contributed by atoms with Crippen LogP contribution in [0.15, 0.2) is 0 Å². The third kappa shape index (κ3) is 1.89. The Kier molecular flexibility index (Phi) is 2.53. The lowest BCUT2D eigenvalue weighted by Gasteiger charge is -2.39. The standard InChI is InChI=1S/C12H21NO2/c1-12(2)5-4-9-8(7-12)6-10(11(14)15)13(9)3/h8-10H,4-7H2,1-3H3,(H,14,15). The molecule has 15 heavy (non-hydrogen) atoms. The van der Waals surface area contributed by atoms with Gasteiger partial charge in [-0.1, -0.05) is 13.8 Å². The highest BCUT2D eigenvalue weighted by molar-refractivity contribution is 5.74. The second kappa shape index (κ2) is 3.48. The van der Waals surface area contributed by atoms with E-state index in [0.29, 0.717) is 17.4 Å². The molecule has 3 nitrogen and oxygen atoms in total. The van der Waals surface area contributed by atoms with Gasteiger partial charge in [-0.3, -0.25) is 9.69 Å². The Morgan fingerprint density at radius 2 is 2.13 bits per heavy atom. The summed E-state index contributed by atoms with van der Waals surface area (Å²) in [6.45, 7) is 4.61. The lowest BCUT2D eigenvalue weighted by Crippen LogP contribution is -2.41. The van der Waals surface area contributed by atoms with Gasteiger partial charge in [-0.05, 0) is 44.1 Å². The number of carbonyl (C=O) groups is 1. The van der Waals surface area contributed by atoms with Crippen LogP contribution in [0.1, 0.15) is 39.5 Å². The second-order valence-electron chi connectivity index (χ2n) is 5.99. The number of carboxylic acid groups (broad SMARTS) is 1. The minimum Gasteiger partial charge on any atom is -0.480 e. The van der Waals surface area contributed by atoms with Gasteiger partial charge in [0.1, 0.15) is 6.04 Å². The van der Waals surface area contributed by atoms with E-state index in [9.17, 15) is 4.79 Å². The van der Waals surface area contributed by atoms with Crippen LogP contribution in [0.4, 0.5) is 0 Å². The van der Waals surface area contributed by atoms with Gasteiger partial charge in [0.25, 0.3) is 0 Å². The van der Waals surface area contributed by atoms with Crippen molar-refractivity contribution in [3.63, 3.8) is 0 Å². The Labute approximate surface area is 91.5 Å². The SMILES string of the molecule is CN1C(C(=O)O)CC2CC(C)(C)CCC21. The minimum atomic E-state index is -0.648. The Hall–Kier alpha value is -0.570. The van der Waals surface area contributed by atoms with Crippen molar-refractivity contribution < 1.29 is 9.90 Å². The van der Waals surface area contributed by atoms with E-state index in [0.717, 1.165) is 12.8 Å². The molecule has 1 aliphatic carbocycles. The number of carboxylic acids is 1. The molecule has 3 heteroatoms. The van der Waals surface area contributed by atoms with Crippen molar-refractivity contribution in [3.05, 3.63) is 0 Å². The van der Waals surface area contributed by atoms with Crippen LogP contribution in [-0.4, -0.2) is 35.1 Å². The zero-order chi connectivity index (χ0) is 11.2. The average molecular weight is 211 g/mol. The fourth-order valence-electron chi connectivity index (χ4n) is 3.46. The summed E-state index contributed by atoms with van der Waals surface area (Å²) in [6, 6.07) is 0.271. The highest BCUT2D eigenvalue weighted by Gasteiger charge is 2.46. The fraction of sp³-hybridized carbons (Fsp3) is 0.917. The molecule has 1 aliphatic heterocycles. The molecule has 0 aromatic rings. The number of aliphatic carboxylic acids is 1. The van der Waals surface area contributed by atoms with Gasteiger partial charge in [0.2, 0.25) is 0 Å². The van der Waals surface area contributed by atoms with Gasteiger partial charge < -0.3 is 5.11 Å². The van der Waals surface area contributed by atoms with Crippen LogP contribution in [0.25, 0.3) is 0 Å². The predicted octanol–water partition coefficient (Wildman–Crippen LogP) is 1.97. The summed E-state index contributed by atoms with van der Waals surface area (Å²) in [5.74, 6) is -0.0513. The molecule has 2 fully saturated rings. The van der Waals surface area contributed by atoms with E-state index >= 15 is 0 Å². The van der Waals surface area contributed by atoms with Crippen LogP contribution in [0, 0.1) is 11.3 Å². The molecule has 1 N–H and O–H groups in total. The van der Waals surface area contributed by atoms with Crippen LogP contribution in [0.2, 0.25) is 0 Å². The summed E-state index contributed by atoms with van der Waals surface area (Å²) in [5, 5.41) is 9.12. The average Bonchev–Trinajstić information content (AvgIpc) is 2.41. The first-order chi connectivity index (χ1) is 6.91. The maximum Gasteiger partial charge on any atom is 0.320 e. The molecule has 0 aromatic heterocycles. The zero-order valence-electron chi connectivity index (χ0n) is 9.86. The van der Waals surface area contributed by atoms with Gasteiger partial charge in [0.15, 0.2) is 0 Å². The van der Waals surface area contributed by atoms with Crippen molar-refractivity contribution in [1.29, 1.82) is 0 Å². The Balaban J connectivity index is 2.11. The third-order valence-electron chi connectivity index (χ3n) is 4.30. The lowest BCUT2D eigenvalue weighted by atomic mass is 9.70. The van der Waals surface area contributed by atoms with Gasteiger partial charge >= 0.3 is 5.97 Å². The number of hydrogen-bond donors (Lipinski definition) is 1. The molecule has 3 atom stereocenters. The van der Waals surface area contributed by atoms with Crippen molar-refractivity contribution in [2.75, 3.05) is 7.05 Å². The quantitative estimate of drug-likeness (QED) is 0.721. The molecule has 0 bridgehead atoms. The largest absolute Gasteiger partial charge is 0.480 e. The van der Waals surface area contributed by atoms with E-state index in [1.807, 2.05) is 7.05 Å². The van der Waals surface area contributed by atoms with Crippen LogP contribution in [0.3, 0.4) is 0 Å². The molecule has 1 saturated carbocycles. The van der Waals surface area contributed by atoms with Gasteiger partial charge in [0, 0.05) is 6.04 Å². The Morgan fingerprint density at radius 1 is 1.47 bits per heavy atom. The maximum absolute atomic E-state index is 11.1. The van der Waals surface area contributed by atoms with Crippen molar-refractivity contribution >= 4 is 5.97 Å². The molecule has 0 amide bonds. The fourth-order valence-corrected chi connectivity index (χ4v) is 3.46. The van der Waals surface area contributed by atoms with Crippen LogP contribution in [0.5, 0.6) is 0 Å². The molecule has 2 aliphatic rings. The Morgan fingerprint density at radius 3 is 2.73 bits per heavy atom. The second-order valence-corrected chi connectivity index (χ2v) is 5.99. The summed E-state index contributed by atoms with van der Waals surface area (Å²) in [6.07, 6.45) is 4.43. The van der Waals surface area contributed by atoms with Gasteiger partial charge in [0.05, 0.1) is 0 Å². The van der Waals surface area contributed by atoms with E-state index in [1.54, 1.807) is 0 Å². The Bertz CT molecular complexity index is 275. The molecule has 1 saturated heterocycles. The van der Waals surface area contributed by atoms with E-state index in [4.69, 9.17) is 5.11 Å². The summed E-state index contributed by atoms with van der Waals surface area (Å²) in [7, 11) is 1.97. The normalized spacial score (nSPS) is 40.1. The van der Waals surface area contributed by atoms with Gasteiger partial charge in [-0.25, -0.2) is 0 Å². The number of hydrogen-bond acceptors (Lipinski definition) is 2. The van der Waals surface area contributed by atoms with E-state index in [1.165, 1.54) is 12.8 Å². The zero-order valence-corrected chi connectivity index (χ0v) is 9.86. The molecule has 2 rings (SSSR count). The monoisotopic (exact) mass is 211 g/mol. The number of fused-ring (bicyclic) bond motifs is 1. The number of rotatable bonds is 1. The first-order valence-electron chi connectivity index (χ1n) is 5.85. The van der Waals surface area contributed by atoms with E-state index in [2.05, 4.69) is 18.7 Å². The predicted molar refractivity (Wildman–Crippen MR) is 58.7 cm³/mol. The smallest absolute Gasteiger partial charge is 0.320 e. The summed E-state index contributed by atoms with van der Waals surface area (Å²) < 4.78 is 0. The first-order valence-corrected chi connectivity index (χ1v) is 5.85. The summed E-state index contributed by atoms with van der Waals surface area (Å²) in [5.41, 5.74) is 0.412. The van der Waals surface area contributed by atoms with Crippen molar-refractivity contribution in [1.82, 2.24) is 4.90 Å². The molecule has 1 heterocycles. The lowest BCUT2D eigenvalue weighted by molar-refractivity contribution is -0.142. The van der Waals surface area contributed by atoms with Crippen molar-refractivity contribution in [2.45, 2.75) is 51.6 Å². The molecular weight excluding hydrogens is 190 g/mol. The molecule has 86 valence electrons. The molecular formula is C12H21NO2. The molecule has 0 radical (unpaired) electrons. The number of likely N-dealkylation sites (tertiary alicyclic amines) is 1. The summed E-state index contributed by atoms with van der Waals surface area (Å²) >= 11 is 0.